The number of halogens is 1. The van der Waals surface area contributed by atoms with E-state index in [2.05, 4.69) is 5.32 Å². The van der Waals surface area contributed by atoms with Gasteiger partial charge in [-0.3, -0.25) is 0 Å². The van der Waals surface area contributed by atoms with Crippen LogP contribution in [-0.2, 0) is 6.54 Å². The molecular weight excluding hydrogens is 242 g/mol. The fraction of sp³-hybridized carbons (Fsp3) is 0.500. The molecule has 0 fully saturated rings. The van der Waals surface area contributed by atoms with Crippen LogP contribution >= 0.6 is 11.6 Å². The summed E-state index contributed by atoms with van der Waals surface area (Å²) in [5.74, 6) is 1.31. The maximum atomic E-state index is 8.69. The molecule has 1 aromatic carbocycles. The molecule has 0 amide bonds. The molecule has 0 atom stereocenters. The number of rotatable bonds is 7. The zero-order valence-corrected chi connectivity index (χ0v) is 10.9. The Hall–Kier alpha value is -0.970. The monoisotopic (exact) mass is 259 g/mol. The minimum Gasteiger partial charge on any atom is -0.493 e. The standard InChI is InChI=1S/C12H18ClNO3/c1-3-17-12-7-10(13)9(6-11(12)16-2)8-14-4-5-15/h6-7,14-15H,3-5,8H2,1-2H3. The molecule has 4 nitrogen and oxygen atoms in total. The molecule has 0 aliphatic heterocycles. The zero-order valence-electron chi connectivity index (χ0n) is 10.1. The number of hydrogen-bond donors (Lipinski definition) is 2. The Morgan fingerprint density at radius 2 is 2.12 bits per heavy atom. The molecule has 0 aliphatic carbocycles. The molecule has 0 spiro atoms. The Morgan fingerprint density at radius 1 is 1.35 bits per heavy atom. The summed E-state index contributed by atoms with van der Waals surface area (Å²) in [4.78, 5) is 0. The SMILES string of the molecule is CCOc1cc(Cl)c(CNCCO)cc1OC. The molecule has 0 saturated carbocycles. The Morgan fingerprint density at radius 3 is 2.71 bits per heavy atom. The molecule has 2 N–H and O–H groups in total. The minimum absolute atomic E-state index is 0.103. The molecule has 0 radical (unpaired) electrons. The zero-order chi connectivity index (χ0) is 12.7. The first-order valence-corrected chi connectivity index (χ1v) is 5.91. The third-order valence-corrected chi connectivity index (χ3v) is 2.59. The fourth-order valence-corrected chi connectivity index (χ4v) is 1.66. The molecule has 0 saturated heterocycles. The molecule has 96 valence electrons. The molecule has 1 rings (SSSR count). The second-order valence-electron chi connectivity index (χ2n) is 3.43. The van der Waals surface area contributed by atoms with Crippen LogP contribution in [0.15, 0.2) is 12.1 Å². The van der Waals surface area contributed by atoms with Gasteiger partial charge >= 0.3 is 0 Å². The molecule has 0 aliphatic rings. The third-order valence-electron chi connectivity index (χ3n) is 2.24. The summed E-state index contributed by atoms with van der Waals surface area (Å²) < 4.78 is 10.7. The lowest BCUT2D eigenvalue weighted by Crippen LogP contribution is -2.17. The van der Waals surface area contributed by atoms with Crippen LogP contribution in [0.5, 0.6) is 11.5 Å². The van der Waals surface area contributed by atoms with Crippen LogP contribution in [0, 0.1) is 0 Å². The van der Waals surface area contributed by atoms with E-state index in [1.807, 2.05) is 13.0 Å². The predicted molar refractivity (Wildman–Crippen MR) is 68.0 cm³/mol. The molecule has 1 aromatic rings. The van der Waals surface area contributed by atoms with Crippen LogP contribution in [0.25, 0.3) is 0 Å². The van der Waals surface area contributed by atoms with E-state index in [4.69, 9.17) is 26.2 Å². The number of benzene rings is 1. The Bertz CT molecular complexity index is 358. The van der Waals surface area contributed by atoms with Crippen molar-refractivity contribution in [2.45, 2.75) is 13.5 Å². The lowest BCUT2D eigenvalue weighted by Gasteiger charge is -2.13. The van der Waals surface area contributed by atoms with Crippen molar-refractivity contribution in [1.82, 2.24) is 5.32 Å². The number of hydrogen-bond acceptors (Lipinski definition) is 4. The van der Waals surface area contributed by atoms with Crippen LogP contribution < -0.4 is 14.8 Å². The number of methoxy groups -OCH3 is 1. The highest BCUT2D eigenvalue weighted by Gasteiger charge is 2.09. The highest BCUT2D eigenvalue weighted by Crippen LogP contribution is 2.33. The summed E-state index contributed by atoms with van der Waals surface area (Å²) in [5, 5.41) is 12.4. The van der Waals surface area contributed by atoms with E-state index < -0.39 is 0 Å². The van der Waals surface area contributed by atoms with E-state index in [1.165, 1.54) is 0 Å². The number of aliphatic hydroxyl groups is 1. The van der Waals surface area contributed by atoms with Crippen LogP contribution in [-0.4, -0.2) is 32.0 Å². The lowest BCUT2D eigenvalue weighted by atomic mass is 10.2. The summed E-state index contributed by atoms with van der Waals surface area (Å²) >= 11 is 6.13. The highest BCUT2D eigenvalue weighted by molar-refractivity contribution is 6.31. The summed E-state index contributed by atoms with van der Waals surface area (Å²) in [6, 6.07) is 3.59. The van der Waals surface area contributed by atoms with Crippen LogP contribution in [0.4, 0.5) is 0 Å². The van der Waals surface area contributed by atoms with Gasteiger partial charge in [0.15, 0.2) is 11.5 Å². The van der Waals surface area contributed by atoms with Crippen molar-refractivity contribution in [3.8, 4) is 11.5 Å². The van der Waals surface area contributed by atoms with E-state index in [0.29, 0.717) is 36.2 Å². The Labute approximate surface area is 106 Å². The summed E-state index contributed by atoms with van der Waals surface area (Å²) in [5.41, 5.74) is 0.917. The second-order valence-corrected chi connectivity index (χ2v) is 3.84. The summed E-state index contributed by atoms with van der Waals surface area (Å²) in [6.07, 6.45) is 0. The molecule has 0 heterocycles. The predicted octanol–water partition coefficient (Wildman–Crippen LogP) is 1.83. The van der Waals surface area contributed by atoms with Gasteiger partial charge in [-0.25, -0.2) is 0 Å². The maximum absolute atomic E-state index is 8.69. The van der Waals surface area contributed by atoms with E-state index in [9.17, 15) is 0 Å². The van der Waals surface area contributed by atoms with Crippen molar-refractivity contribution in [3.63, 3.8) is 0 Å². The second kappa shape index (κ2) is 7.37. The largest absolute Gasteiger partial charge is 0.493 e. The van der Waals surface area contributed by atoms with Gasteiger partial charge in [0, 0.05) is 24.2 Å². The first-order valence-electron chi connectivity index (χ1n) is 5.53. The molecule has 5 heteroatoms. The number of ether oxygens (including phenoxy) is 2. The Balaban J connectivity index is 2.84. The van der Waals surface area contributed by atoms with Crippen LogP contribution in [0.2, 0.25) is 5.02 Å². The van der Waals surface area contributed by atoms with E-state index in [-0.39, 0.29) is 6.61 Å². The quantitative estimate of drug-likeness (QED) is 0.734. The number of aliphatic hydroxyl groups excluding tert-OH is 1. The van der Waals surface area contributed by atoms with Gasteiger partial charge < -0.3 is 19.9 Å². The number of nitrogens with one attached hydrogen (secondary N) is 1. The highest BCUT2D eigenvalue weighted by atomic mass is 35.5. The fourth-order valence-electron chi connectivity index (χ4n) is 1.44. The first kappa shape index (κ1) is 14.1. The molecule has 0 bridgehead atoms. The molecule has 0 unspecified atom stereocenters. The van der Waals surface area contributed by atoms with Crippen molar-refractivity contribution >= 4 is 11.6 Å². The Kier molecular flexibility index (Phi) is 6.11. The van der Waals surface area contributed by atoms with Crippen LogP contribution in [0.1, 0.15) is 12.5 Å². The van der Waals surface area contributed by atoms with Gasteiger partial charge in [-0.15, -0.1) is 0 Å². The maximum Gasteiger partial charge on any atom is 0.162 e. The normalized spacial score (nSPS) is 10.4. The first-order chi connectivity index (χ1) is 8.22. The van der Waals surface area contributed by atoms with Gasteiger partial charge in [0.1, 0.15) is 0 Å². The average Bonchev–Trinajstić information content (AvgIpc) is 2.32. The van der Waals surface area contributed by atoms with Crippen molar-refractivity contribution in [2.24, 2.45) is 0 Å². The minimum atomic E-state index is 0.103. The van der Waals surface area contributed by atoms with Gasteiger partial charge in [-0.1, -0.05) is 11.6 Å². The summed E-state index contributed by atoms with van der Waals surface area (Å²) in [7, 11) is 1.59. The van der Waals surface area contributed by atoms with E-state index in [1.54, 1.807) is 13.2 Å². The van der Waals surface area contributed by atoms with Gasteiger partial charge in [-0.05, 0) is 18.6 Å². The van der Waals surface area contributed by atoms with Crippen molar-refractivity contribution in [1.29, 1.82) is 0 Å². The lowest BCUT2D eigenvalue weighted by molar-refractivity contribution is 0.291. The van der Waals surface area contributed by atoms with Gasteiger partial charge in [-0.2, -0.15) is 0 Å². The smallest absolute Gasteiger partial charge is 0.162 e. The molecule has 17 heavy (non-hydrogen) atoms. The van der Waals surface area contributed by atoms with Crippen LogP contribution in [0.3, 0.4) is 0 Å². The van der Waals surface area contributed by atoms with E-state index >= 15 is 0 Å². The van der Waals surface area contributed by atoms with Gasteiger partial charge in [0.05, 0.1) is 20.3 Å². The van der Waals surface area contributed by atoms with Crippen molar-refractivity contribution < 1.29 is 14.6 Å². The molecular formula is C12H18ClNO3. The topological polar surface area (TPSA) is 50.7 Å². The molecule has 0 aromatic heterocycles. The summed E-state index contributed by atoms with van der Waals surface area (Å²) in [6.45, 7) is 3.69. The third kappa shape index (κ3) is 4.07. The van der Waals surface area contributed by atoms with Gasteiger partial charge in [0.2, 0.25) is 0 Å². The average molecular weight is 260 g/mol. The van der Waals surface area contributed by atoms with Gasteiger partial charge in [0.25, 0.3) is 0 Å². The van der Waals surface area contributed by atoms with Crippen molar-refractivity contribution in [2.75, 3.05) is 26.9 Å². The van der Waals surface area contributed by atoms with Crippen molar-refractivity contribution in [3.05, 3.63) is 22.7 Å². The van der Waals surface area contributed by atoms with E-state index in [0.717, 1.165) is 5.56 Å².